The second-order valence-corrected chi connectivity index (χ2v) is 6.38. The van der Waals surface area contributed by atoms with Crippen molar-refractivity contribution in [3.63, 3.8) is 0 Å². The van der Waals surface area contributed by atoms with Gasteiger partial charge in [-0.2, -0.15) is 4.98 Å². The molecule has 0 radical (unpaired) electrons. The highest BCUT2D eigenvalue weighted by Gasteiger charge is 2.12. The average Bonchev–Trinajstić information content (AvgIpc) is 2.62. The predicted molar refractivity (Wildman–Crippen MR) is 96.3 cm³/mol. The third-order valence-corrected chi connectivity index (χ3v) is 4.72. The molecule has 3 aromatic rings. The Bertz CT molecular complexity index is 943. The number of nitrogens with one attached hydrogen (secondary N) is 2. The molecule has 124 valence electrons. The van der Waals surface area contributed by atoms with Crippen molar-refractivity contribution in [1.29, 1.82) is 0 Å². The number of aromatic amines is 1. The van der Waals surface area contributed by atoms with E-state index in [-0.39, 0.29) is 5.56 Å². The second kappa shape index (κ2) is 6.20. The van der Waals surface area contributed by atoms with Gasteiger partial charge < -0.3 is 10.3 Å². The number of H-pyrrole nitrogens is 1. The summed E-state index contributed by atoms with van der Waals surface area (Å²) in [6, 6.07) is 6.14. The topological polar surface area (TPSA) is 73.9 Å². The fourth-order valence-electron chi connectivity index (χ4n) is 3.46. The number of pyridine rings is 1. The van der Waals surface area contributed by atoms with Crippen molar-refractivity contribution >= 4 is 27.8 Å². The van der Waals surface area contributed by atoms with E-state index in [2.05, 4.69) is 31.2 Å². The van der Waals surface area contributed by atoms with Crippen LogP contribution in [0, 0.1) is 0 Å². The molecule has 0 unspecified atom stereocenters. The zero-order valence-corrected chi connectivity index (χ0v) is 13.8. The van der Waals surface area contributed by atoms with E-state index in [9.17, 15) is 4.79 Å². The maximum absolute atomic E-state index is 12.5. The van der Waals surface area contributed by atoms with Gasteiger partial charge in [-0.25, -0.2) is 4.98 Å². The Kier molecular flexibility index (Phi) is 3.90. The minimum absolute atomic E-state index is 0.0984. The molecule has 0 aliphatic carbocycles. The smallest absolute Gasteiger partial charge is 0.257 e. The van der Waals surface area contributed by atoms with Gasteiger partial charge in [-0.1, -0.05) is 18.6 Å². The monoisotopic (exact) mass is 323 g/mol. The number of nitrogens with zero attached hydrogens (tertiary/aromatic N) is 3. The van der Waals surface area contributed by atoms with E-state index in [1.807, 2.05) is 12.1 Å². The van der Waals surface area contributed by atoms with Gasteiger partial charge in [0, 0.05) is 30.6 Å². The molecule has 0 amide bonds. The van der Waals surface area contributed by atoms with Crippen LogP contribution in [0.2, 0.25) is 0 Å². The van der Waals surface area contributed by atoms with Crippen LogP contribution in [-0.4, -0.2) is 40.0 Å². The van der Waals surface area contributed by atoms with E-state index < -0.39 is 0 Å². The van der Waals surface area contributed by atoms with Crippen molar-refractivity contribution in [2.24, 2.45) is 0 Å². The van der Waals surface area contributed by atoms with E-state index in [0.29, 0.717) is 17.0 Å². The van der Waals surface area contributed by atoms with Crippen molar-refractivity contribution in [2.75, 3.05) is 25.5 Å². The number of aromatic nitrogens is 3. The summed E-state index contributed by atoms with van der Waals surface area (Å²) in [4.78, 5) is 26.4. The van der Waals surface area contributed by atoms with Gasteiger partial charge in [0.1, 0.15) is 5.65 Å². The first-order valence-corrected chi connectivity index (χ1v) is 8.46. The normalized spacial score (nSPS) is 15.9. The maximum Gasteiger partial charge on any atom is 0.257 e. The summed E-state index contributed by atoms with van der Waals surface area (Å²) in [6.45, 7) is 3.20. The summed E-state index contributed by atoms with van der Waals surface area (Å²) in [7, 11) is 1.76. The molecule has 1 aliphatic heterocycles. The molecule has 1 fully saturated rings. The second-order valence-electron chi connectivity index (χ2n) is 6.38. The Labute approximate surface area is 139 Å². The summed E-state index contributed by atoms with van der Waals surface area (Å²) < 4.78 is 0. The third kappa shape index (κ3) is 2.73. The highest BCUT2D eigenvalue weighted by Crippen LogP contribution is 2.22. The van der Waals surface area contributed by atoms with Gasteiger partial charge in [-0.05, 0) is 42.9 Å². The number of rotatable bonds is 3. The van der Waals surface area contributed by atoms with Crippen LogP contribution >= 0.6 is 0 Å². The van der Waals surface area contributed by atoms with Crippen molar-refractivity contribution in [1.82, 2.24) is 19.9 Å². The van der Waals surface area contributed by atoms with Gasteiger partial charge in [0.2, 0.25) is 5.95 Å². The van der Waals surface area contributed by atoms with Crippen molar-refractivity contribution in [3.8, 4) is 0 Å². The molecule has 1 aromatic carbocycles. The quantitative estimate of drug-likeness (QED) is 0.725. The Morgan fingerprint density at radius 3 is 2.79 bits per heavy atom. The number of likely N-dealkylation sites (tertiary alicyclic amines) is 1. The molecule has 3 heterocycles. The molecule has 0 bridgehead atoms. The van der Waals surface area contributed by atoms with Gasteiger partial charge >= 0.3 is 0 Å². The molecule has 1 aliphatic rings. The fourth-order valence-corrected chi connectivity index (χ4v) is 3.46. The minimum Gasteiger partial charge on any atom is -0.357 e. The van der Waals surface area contributed by atoms with E-state index >= 15 is 0 Å². The molecular formula is C18H21N5O. The van der Waals surface area contributed by atoms with Gasteiger partial charge in [-0.3, -0.25) is 9.69 Å². The molecule has 1 saturated heterocycles. The van der Waals surface area contributed by atoms with Crippen LogP contribution in [0.15, 0.2) is 29.2 Å². The van der Waals surface area contributed by atoms with Crippen molar-refractivity contribution < 1.29 is 0 Å². The minimum atomic E-state index is -0.0984. The molecule has 0 spiro atoms. The number of piperidine rings is 1. The summed E-state index contributed by atoms with van der Waals surface area (Å²) in [5.41, 5.74) is 1.65. The molecule has 0 atom stereocenters. The molecule has 0 saturated carbocycles. The molecule has 24 heavy (non-hydrogen) atoms. The van der Waals surface area contributed by atoms with Gasteiger partial charge in [0.25, 0.3) is 5.56 Å². The largest absolute Gasteiger partial charge is 0.357 e. The number of benzene rings is 1. The number of fused-ring (bicyclic) bond motifs is 3. The fraction of sp³-hybridized carbons (Fsp3) is 0.389. The van der Waals surface area contributed by atoms with Gasteiger partial charge in [0.15, 0.2) is 0 Å². The highest BCUT2D eigenvalue weighted by molar-refractivity contribution is 6.04. The Morgan fingerprint density at radius 2 is 2.00 bits per heavy atom. The zero-order valence-electron chi connectivity index (χ0n) is 13.8. The molecule has 2 aromatic heterocycles. The third-order valence-electron chi connectivity index (χ3n) is 4.72. The lowest BCUT2D eigenvalue weighted by Crippen LogP contribution is -2.29. The molecule has 4 rings (SSSR count). The first-order chi connectivity index (χ1) is 11.7. The Hall–Kier alpha value is -2.47. The van der Waals surface area contributed by atoms with Crippen LogP contribution in [0.25, 0.3) is 21.8 Å². The van der Waals surface area contributed by atoms with Crippen LogP contribution < -0.4 is 10.9 Å². The van der Waals surface area contributed by atoms with Crippen molar-refractivity contribution in [3.05, 3.63) is 40.3 Å². The lowest BCUT2D eigenvalue weighted by atomic mass is 10.0. The van der Waals surface area contributed by atoms with Crippen LogP contribution in [0.1, 0.15) is 24.8 Å². The lowest BCUT2D eigenvalue weighted by molar-refractivity contribution is 0.221. The lowest BCUT2D eigenvalue weighted by Gasteiger charge is -2.26. The average molecular weight is 323 g/mol. The molecule has 6 nitrogen and oxygen atoms in total. The van der Waals surface area contributed by atoms with Gasteiger partial charge in [-0.15, -0.1) is 0 Å². The summed E-state index contributed by atoms with van der Waals surface area (Å²) >= 11 is 0. The molecule has 6 heteroatoms. The summed E-state index contributed by atoms with van der Waals surface area (Å²) in [5.74, 6) is 0.499. The zero-order chi connectivity index (χ0) is 16.5. The van der Waals surface area contributed by atoms with E-state index in [0.717, 1.165) is 30.4 Å². The summed E-state index contributed by atoms with van der Waals surface area (Å²) in [6.07, 6.45) is 5.62. The Balaban J connectivity index is 1.77. The predicted octanol–water partition coefficient (Wildman–Crippen LogP) is 2.50. The van der Waals surface area contributed by atoms with Gasteiger partial charge in [0.05, 0.1) is 0 Å². The number of hydrogen-bond donors (Lipinski definition) is 2. The van der Waals surface area contributed by atoms with Crippen LogP contribution in [0.4, 0.5) is 5.95 Å². The molecule has 2 N–H and O–H groups in total. The standard InChI is InChI=1S/C18H21N5O/c1-19-18-20-10-15-13-6-5-12(11-23-7-3-2-4-8-23)9-14(13)17(24)21-16(15)22-18/h5-6,9-10H,2-4,7-8,11H2,1H3,(H2,19,20,21,22,24). The Morgan fingerprint density at radius 1 is 1.17 bits per heavy atom. The van der Waals surface area contributed by atoms with Crippen molar-refractivity contribution in [2.45, 2.75) is 25.8 Å². The van der Waals surface area contributed by atoms with E-state index in [1.54, 1.807) is 13.2 Å². The van der Waals surface area contributed by atoms with E-state index in [1.165, 1.54) is 24.8 Å². The number of anilines is 1. The van der Waals surface area contributed by atoms with E-state index in [4.69, 9.17) is 0 Å². The van der Waals surface area contributed by atoms with Crippen LogP contribution in [-0.2, 0) is 6.54 Å². The first kappa shape index (κ1) is 15.1. The first-order valence-electron chi connectivity index (χ1n) is 8.46. The molecular weight excluding hydrogens is 302 g/mol. The van der Waals surface area contributed by atoms with Crippen LogP contribution in [0.3, 0.4) is 0 Å². The highest BCUT2D eigenvalue weighted by atomic mass is 16.1. The maximum atomic E-state index is 12.5. The van der Waals surface area contributed by atoms with Crippen LogP contribution in [0.5, 0.6) is 0 Å². The number of hydrogen-bond acceptors (Lipinski definition) is 5. The summed E-state index contributed by atoms with van der Waals surface area (Å²) in [5, 5.41) is 5.37. The SMILES string of the molecule is CNc1ncc2c(n1)[nH]c(=O)c1cc(CN3CCCCC3)ccc12.